The first-order valence-electron chi connectivity index (χ1n) is 12.5. The van der Waals surface area contributed by atoms with Crippen LogP contribution in [0.15, 0.2) is 52.7 Å². The molecule has 196 valence electrons. The zero-order chi connectivity index (χ0) is 26.0. The van der Waals surface area contributed by atoms with Gasteiger partial charge in [0.05, 0.1) is 30.3 Å². The maximum Gasteiger partial charge on any atom is 0.243 e. The quantitative estimate of drug-likeness (QED) is 0.424. The molecule has 1 N–H and O–H groups in total. The third-order valence-corrected chi connectivity index (χ3v) is 9.20. The van der Waals surface area contributed by atoms with Gasteiger partial charge in [-0.3, -0.25) is 4.79 Å². The third kappa shape index (κ3) is 5.81. The number of Topliss-reactive ketones (excluding diaryl/α,β-unsaturated/α-hetero) is 1. The number of fused-ring (bicyclic) bond motifs is 1. The molecular weight excluding hydrogens is 510 g/mol. The number of hydrogen-bond donors (Lipinski definition) is 1. The Morgan fingerprint density at radius 3 is 2.62 bits per heavy atom. The minimum atomic E-state index is -3.66. The molecule has 1 fully saturated rings. The number of anilines is 1. The second kappa shape index (κ2) is 10.8. The molecule has 0 saturated carbocycles. The van der Waals surface area contributed by atoms with Crippen molar-refractivity contribution in [1.29, 1.82) is 0 Å². The van der Waals surface area contributed by atoms with Gasteiger partial charge in [0.1, 0.15) is 0 Å². The van der Waals surface area contributed by atoms with E-state index >= 15 is 0 Å². The van der Waals surface area contributed by atoms with Gasteiger partial charge in [0, 0.05) is 36.0 Å². The lowest BCUT2D eigenvalue weighted by Gasteiger charge is -2.34. The normalized spacial score (nSPS) is 20.3. The van der Waals surface area contributed by atoms with Crippen LogP contribution in [0.2, 0.25) is 0 Å². The summed E-state index contributed by atoms with van der Waals surface area (Å²) in [6, 6.07) is 12.1. The monoisotopic (exact) mass is 541 g/mol. The maximum atomic E-state index is 13.3. The molecule has 1 saturated heterocycles. The highest BCUT2D eigenvalue weighted by atomic mass is 32.2. The van der Waals surface area contributed by atoms with Gasteiger partial charge in [-0.25, -0.2) is 13.4 Å². The first-order chi connectivity index (χ1) is 17.8. The molecule has 10 heteroatoms. The van der Waals surface area contributed by atoms with Gasteiger partial charge in [-0.2, -0.15) is 4.31 Å². The molecule has 2 unspecified atom stereocenters. The number of thiazole rings is 1. The first-order valence-corrected chi connectivity index (χ1v) is 14.8. The largest absolute Gasteiger partial charge is 0.490 e. The van der Waals surface area contributed by atoms with Crippen LogP contribution in [0.1, 0.15) is 37.0 Å². The molecule has 0 radical (unpaired) electrons. The van der Waals surface area contributed by atoms with Crippen molar-refractivity contribution >= 4 is 32.3 Å². The van der Waals surface area contributed by atoms with Crippen LogP contribution in [0.3, 0.4) is 0 Å². The zero-order valence-corrected chi connectivity index (χ0v) is 22.6. The van der Waals surface area contributed by atoms with Crippen molar-refractivity contribution < 1.29 is 22.7 Å². The SMILES string of the molecule is CC1CC(C)CN(S(=O)(=O)c2cccc(C(=O)CNc3nc(-c4ccc5c(c4)OCCCO5)cs3)c2)C1. The van der Waals surface area contributed by atoms with E-state index in [4.69, 9.17) is 9.47 Å². The molecular formula is C27H31N3O5S2. The number of hydrogen-bond acceptors (Lipinski definition) is 8. The predicted octanol–water partition coefficient (Wildman–Crippen LogP) is 4.93. The molecule has 0 spiro atoms. The summed E-state index contributed by atoms with van der Waals surface area (Å²) in [6.45, 7) is 6.41. The van der Waals surface area contributed by atoms with Gasteiger partial charge < -0.3 is 14.8 Å². The molecule has 5 rings (SSSR count). The van der Waals surface area contributed by atoms with E-state index in [0.29, 0.717) is 54.6 Å². The minimum Gasteiger partial charge on any atom is -0.490 e. The molecule has 1 aromatic heterocycles. The Balaban J connectivity index is 1.25. The fourth-order valence-corrected chi connectivity index (χ4v) is 7.29. The van der Waals surface area contributed by atoms with Gasteiger partial charge in [-0.1, -0.05) is 26.0 Å². The van der Waals surface area contributed by atoms with E-state index in [9.17, 15) is 13.2 Å². The molecule has 2 aromatic carbocycles. The van der Waals surface area contributed by atoms with Gasteiger partial charge in [-0.05, 0) is 48.6 Å². The number of sulfonamides is 1. The summed E-state index contributed by atoms with van der Waals surface area (Å²) in [5.74, 6) is 1.85. The molecule has 2 atom stereocenters. The van der Waals surface area contributed by atoms with Crippen molar-refractivity contribution in [3.05, 3.63) is 53.4 Å². The average Bonchev–Trinajstić information content (AvgIpc) is 3.24. The van der Waals surface area contributed by atoms with E-state index in [1.807, 2.05) is 23.6 Å². The summed E-state index contributed by atoms with van der Waals surface area (Å²) in [7, 11) is -3.66. The number of ketones is 1. The number of aromatic nitrogens is 1. The van der Waals surface area contributed by atoms with Crippen molar-refractivity contribution in [2.45, 2.75) is 31.6 Å². The Bertz CT molecular complexity index is 1380. The van der Waals surface area contributed by atoms with Crippen LogP contribution in [0.4, 0.5) is 5.13 Å². The van der Waals surface area contributed by atoms with Crippen LogP contribution in [0.25, 0.3) is 11.3 Å². The minimum absolute atomic E-state index is 0.00930. The van der Waals surface area contributed by atoms with E-state index < -0.39 is 10.0 Å². The summed E-state index contributed by atoms with van der Waals surface area (Å²) >= 11 is 1.40. The molecule has 8 nitrogen and oxygen atoms in total. The van der Waals surface area contributed by atoms with Crippen LogP contribution in [-0.2, 0) is 10.0 Å². The standard InChI is InChI=1S/C27H31N3O5S2/c1-18-11-19(2)16-30(15-18)37(32,33)22-6-3-5-21(12-22)24(31)14-28-27-29-23(17-36-27)20-7-8-25-26(13-20)35-10-4-9-34-25/h3,5-8,12-13,17-19H,4,9-11,14-16H2,1-2H3,(H,28,29). The van der Waals surface area contributed by atoms with Gasteiger partial charge >= 0.3 is 0 Å². The Kier molecular flexibility index (Phi) is 7.50. The Labute approximate surface area is 221 Å². The highest BCUT2D eigenvalue weighted by molar-refractivity contribution is 7.89. The number of nitrogens with one attached hydrogen (secondary N) is 1. The fraction of sp³-hybridized carbons (Fsp3) is 0.407. The van der Waals surface area contributed by atoms with Crippen molar-refractivity contribution in [3.8, 4) is 22.8 Å². The summed E-state index contributed by atoms with van der Waals surface area (Å²) in [4.78, 5) is 17.7. The molecule has 0 amide bonds. The Morgan fingerprint density at radius 1 is 1.08 bits per heavy atom. The van der Waals surface area contributed by atoms with Gasteiger partial charge in [-0.15, -0.1) is 11.3 Å². The summed E-state index contributed by atoms with van der Waals surface area (Å²) in [5, 5.41) is 5.60. The molecule has 37 heavy (non-hydrogen) atoms. The van der Waals surface area contributed by atoms with Crippen LogP contribution < -0.4 is 14.8 Å². The summed E-state index contributed by atoms with van der Waals surface area (Å²) < 4.78 is 39.5. The van der Waals surface area contributed by atoms with E-state index in [1.54, 1.807) is 22.5 Å². The summed E-state index contributed by atoms with van der Waals surface area (Å²) in [6.07, 6.45) is 1.86. The number of carbonyl (C=O) groups is 1. The number of rotatable bonds is 7. The summed E-state index contributed by atoms with van der Waals surface area (Å²) in [5.41, 5.74) is 2.03. The number of piperidine rings is 1. The lowest BCUT2D eigenvalue weighted by molar-refractivity contribution is 0.101. The zero-order valence-electron chi connectivity index (χ0n) is 21.0. The second-order valence-corrected chi connectivity index (χ2v) is 12.6. The second-order valence-electron chi connectivity index (χ2n) is 9.82. The number of ether oxygens (including phenoxy) is 2. The van der Waals surface area contributed by atoms with Gasteiger partial charge in [0.25, 0.3) is 0 Å². The van der Waals surface area contributed by atoms with E-state index in [0.717, 1.165) is 29.8 Å². The van der Waals surface area contributed by atoms with Crippen LogP contribution >= 0.6 is 11.3 Å². The fourth-order valence-electron chi connectivity index (χ4n) is 4.85. The first kappa shape index (κ1) is 25.7. The predicted molar refractivity (Wildman–Crippen MR) is 144 cm³/mol. The maximum absolute atomic E-state index is 13.3. The molecule has 3 heterocycles. The van der Waals surface area contributed by atoms with Gasteiger partial charge in [0.15, 0.2) is 22.4 Å². The molecule has 0 bridgehead atoms. The molecule has 2 aliphatic heterocycles. The topological polar surface area (TPSA) is 97.8 Å². The van der Waals surface area contributed by atoms with Gasteiger partial charge in [0.2, 0.25) is 10.0 Å². The average molecular weight is 542 g/mol. The van der Waals surface area contributed by atoms with Crippen molar-refractivity contribution in [2.75, 3.05) is 38.2 Å². The van der Waals surface area contributed by atoms with E-state index in [1.165, 1.54) is 17.4 Å². The smallest absolute Gasteiger partial charge is 0.243 e. The number of nitrogens with zero attached hydrogens (tertiary/aromatic N) is 2. The number of carbonyl (C=O) groups excluding carboxylic acids is 1. The van der Waals surface area contributed by atoms with Crippen molar-refractivity contribution in [2.24, 2.45) is 11.8 Å². The number of benzene rings is 2. The molecule has 2 aliphatic rings. The van der Waals surface area contributed by atoms with Crippen molar-refractivity contribution in [3.63, 3.8) is 0 Å². The third-order valence-electron chi connectivity index (χ3n) is 6.58. The lowest BCUT2D eigenvalue weighted by Crippen LogP contribution is -2.42. The lowest BCUT2D eigenvalue weighted by atomic mass is 9.94. The Morgan fingerprint density at radius 2 is 1.84 bits per heavy atom. The van der Waals surface area contributed by atoms with Crippen molar-refractivity contribution in [1.82, 2.24) is 9.29 Å². The highest BCUT2D eigenvalue weighted by Gasteiger charge is 2.32. The van der Waals surface area contributed by atoms with Crippen LogP contribution in [-0.4, -0.2) is 56.3 Å². The van der Waals surface area contributed by atoms with Crippen LogP contribution in [0.5, 0.6) is 11.5 Å². The Hall–Kier alpha value is -2.95. The van der Waals surface area contributed by atoms with E-state index in [2.05, 4.69) is 24.1 Å². The van der Waals surface area contributed by atoms with Crippen LogP contribution in [0, 0.1) is 11.8 Å². The highest BCUT2D eigenvalue weighted by Crippen LogP contribution is 2.35. The molecule has 3 aromatic rings. The van der Waals surface area contributed by atoms with E-state index in [-0.39, 0.29) is 17.2 Å². The molecule has 0 aliphatic carbocycles.